The molecule has 0 aromatic heterocycles. The zero-order chi connectivity index (χ0) is 18.0. The average molecular weight is 344 g/mol. The molecule has 0 bridgehead atoms. The number of amides is 3. The summed E-state index contributed by atoms with van der Waals surface area (Å²) in [7, 11) is 1.92. The van der Waals surface area contributed by atoms with Crippen LogP contribution in [0.15, 0.2) is 18.2 Å². The standard InChI is InChI=1S/C18H24N4O3/c1-11(19-2)8-20-9-12-4-3-5-13-14(12)10-22(18(13)25)15-6-7-16(23)21-17(15)24/h3-5,11,15,19-20H,6-10H2,1-2H3,(H,21,23,24)/t11-,15?/m0/s1. The molecule has 134 valence electrons. The van der Waals surface area contributed by atoms with Crippen LogP contribution in [0.4, 0.5) is 0 Å². The lowest BCUT2D eigenvalue weighted by molar-refractivity contribution is -0.136. The number of rotatable bonds is 6. The smallest absolute Gasteiger partial charge is 0.255 e. The van der Waals surface area contributed by atoms with Crippen LogP contribution in [0.2, 0.25) is 0 Å². The molecule has 25 heavy (non-hydrogen) atoms. The summed E-state index contributed by atoms with van der Waals surface area (Å²) in [5.41, 5.74) is 2.71. The predicted octanol–water partition coefficient (Wildman–Crippen LogP) is 0.145. The third-order valence-corrected chi connectivity index (χ3v) is 4.94. The second-order valence-corrected chi connectivity index (χ2v) is 6.66. The Labute approximate surface area is 147 Å². The van der Waals surface area contributed by atoms with E-state index < -0.39 is 6.04 Å². The molecule has 1 unspecified atom stereocenters. The maximum Gasteiger partial charge on any atom is 0.255 e. The third-order valence-electron chi connectivity index (χ3n) is 4.94. The van der Waals surface area contributed by atoms with Gasteiger partial charge >= 0.3 is 0 Å². The zero-order valence-electron chi connectivity index (χ0n) is 14.6. The molecule has 3 N–H and O–H groups in total. The number of carbonyl (C=O) groups excluding carboxylic acids is 3. The van der Waals surface area contributed by atoms with Gasteiger partial charge in [0.2, 0.25) is 11.8 Å². The normalized spacial score (nSPS) is 21.3. The van der Waals surface area contributed by atoms with Crippen molar-refractivity contribution < 1.29 is 14.4 Å². The number of hydrogen-bond acceptors (Lipinski definition) is 5. The summed E-state index contributed by atoms with van der Waals surface area (Å²) in [4.78, 5) is 37.8. The number of benzene rings is 1. The van der Waals surface area contributed by atoms with E-state index in [1.54, 1.807) is 4.90 Å². The molecule has 7 nitrogen and oxygen atoms in total. The summed E-state index contributed by atoms with van der Waals surface area (Å²) < 4.78 is 0. The number of nitrogens with one attached hydrogen (secondary N) is 3. The molecule has 2 aliphatic heterocycles. The van der Waals surface area contributed by atoms with E-state index in [1.807, 2.05) is 25.2 Å². The average Bonchev–Trinajstić information content (AvgIpc) is 2.92. The van der Waals surface area contributed by atoms with Crippen molar-refractivity contribution in [2.75, 3.05) is 13.6 Å². The van der Waals surface area contributed by atoms with Crippen LogP contribution in [0.1, 0.15) is 41.3 Å². The largest absolute Gasteiger partial charge is 0.322 e. The van der Waals surface area contributed by atoms with Gasteiger partial charge < -0.3 is 15.5 Å². The van der Waals surface area contributed by atoms with Gasteiger partial charge in [0, 0.05) is 37.7 Å². The molecule has 2 atom stereocenters. The summed E-state index contributed by atoms with van der Waals surface area (Å²) in [6.07, 6.45) is 0.657. The summed E-state index contributed by atoms with van der Waals surface area (Å²) in [6.45, 7) is 4.01. The summed E-state index contributed by atoms with van der Waals surface area (Å²) in [6, 6.07) is 5.49. The van der Waals surface area contributed by atoms with Crippen molar-refractivity contribution in [2.24, 2.45) is 0 Å². The van der Waals surface area contributed by atoms with Crippen molar-refractivity contribution in [2.45, 2.75) is 44.9 Å². The molecule has 0 spiro atoms. The van der Waals surface area contributed by atoms with E-state index >= 15 is 0 Å². The van der Waals surface area contributed by atoms with Gasteiger partial charge in [-0.15, -0.1) is 0 Å². The van der Waals surface area contributed by atoms with E-state index in [0.29, 0.717) is 31.1 Å². The highest BCUT2D eigenvalue weighted by Crippen LogP contribution is 2.29. The van der Waals surface area contributed by atoms with Crippen LogP contribution in [0.5, 0.6) is 0 Å². The number of likely N-dealkylation sites (N-methyl/N-ethyl adjacent to an activating group) is 1. The molecule has 1 fully saturated rings. The topological polar surface area (TPSA) is 90.5 Å². The molecule has 1 aromatic carbocycles. The first-order valence-corrected chi connectivity index (χ1v) is 8.64. The number of carbonyl (C=O) groups is 3. The van der Waals surface area contributed by atoms with E-state index in [2.05, 4.69) is 22.9 Å². The van der Waals surface area contributed by atoms with Gasteiger partial charge in [0.1, 0.15) is 6.04 Å². The summed E-state index contributed by atoms with van der Waals surface area (Å²) >= 11 is 0. The van der Waals surface area contributed by atoms with E-state index in [0.717, 1.165) is 17.7 Å². The fourth-order valence-electron chi connectivity index (χ4n) is 3.34. The minimum Gasteiger partial charge on any atom is -0.322 e. The highest BCUT2D eigenvalue weighted by Gasteiger charge is 2.39. The molecule has 2 aliphatic rings. The van der Waals surface area contributed by atoms with Gasteiger partial charge in [-0.05, 0) is 37.6 Å². The van der Waals surface area contributed by atoms with Crippen molar-refractivity contribution in [1.29, 1.82) is 0 Å². The van der Waals surface area contributed by atoms with E-state index in [1.165, 1.54) is 0 Å². The van der Waals surface area contributed by atoms with Gasteiger partial charge in [-0.1, -0.05) is 12.1 Å². The number of nitrogens with zero attached hydrogens (tertiary/aromatic N) is 1. The fraction of sp³-hybridized carbons (Fsp3) is 0.500. The second-order valence-electron chi connectivity index (χ2n) is 6.66. The van der Waals surface area contributed by atoms with Crippen LogP contribution in [0.3, 0.4) is 0 Å². The number of fused-ring (bicyclic) bond motifs is 1. The Morgan fingerprint density at radius 3 is 2.84 bits per heavy atom. The number of piperidine rings is 1. The first-order valence-electron chi connectivity index (χ1n) is 8.64. The molecule has 0 aliphatic carbocycles. The quantitative estimate of drug-likeness (QED) is 0.639. The van der Waals surface area contributed by atoms with Crippen LogP contribution in [0, 0.1) is 0 Å². The van der Waals surface area contributed by atoms with E-state index in [4.69, 9.17) is 0 Å². The molecule has 7 heteroatoms. The Morgan fingerprint density at radius 2 is 2.12 bits per heavy atom. The maximum atomic E-state index is 12.7. The zero-order valence-corrected chi connectivity index (χ0v) is 14.6. The first kappa shape index (κ1) is 17.6. The van der Waals surface area contributed by atoms with Crippen LogP contribution >= 0.6 is 0 Å². The summed E-state index contributed by atoms with van der Waals surface area (Å²) in [5.74, 6) is -0.774. The minimum absolute atomic E-state index is 0.130. The van der Waals surface area contributed by atoms with Crippen LogP contribution < -0.4 is 16.0 Å². The molecule has 1 saturated heterocycles. The lowest BCUT2D eigenvalue weighted by Gasteiger charge is -2.29. The van der Waals surface area contributed by atoms with E-state index in [-0.39, 0.29) is 24.1 Å². The van der Waals surface area contributed by atoms with Gasteiger partial charge in [0.15, 0.2) is 0 Å². The molecule has 3 rings (SSSR count). The van der Waals surface area contributed by atoms with Crippen molar-refractivity contribution in [3.63, 3.8) is 0 Å². The van der Waals surface area contributed by atoms with Crippen LogP contribution in [0.25, 0.3) is 0 Å². The van der Waals surface area contributed by atoms with Gasteiger partial charge in [-0.3, -0.25) is 19.7 Å². The lowest BCUT2D eigenvalue weighted by Crippen LogP contribution is -2.52. The highest BCUT2D eigenvalue weighted by atomic mass is 16.2. The summed E-state index contributed by atoms with van der Waals surface area (Å²) in [5, 5.41) is 8.89. The third kappa shape index (κ3) is 3.57. The van der Waals surface area contributed by atoms with Gasteiger partial charge in [0.25, 0.3) is 5.91 Å². The molecular weight excluding hydrogens is 320 g/mol. The Hall–Kier alpha value is -2.25. The monoisotopic (exact) mass is 344 g/mol. The second kappa shape index (κ2) is 7.33. The Bertz CT molecular complexity index is 704. The number of hydrogen-bond donors (Lipinski definition) is 3. The predicted molar refractivity (Wildman–Crippen MR) is 92.7 cm³/mol. The van der Waals surface area contributed by atoms with Crippen molar-refractivity contribution in [3.8, 4) is 0 Å². The molecule has 1 aromatic rings. The van der Waals surface area contributed by atoms with Crippen LogP contribution in [-0.4, -0.2) is 48.3 Å². The van der Waals surface area contributed by atoms with Gasteiger partial charge in [-0.25, -0.2) is 0 Å². The maximum absolute atomic E-state index is 12.7. The number of imide groups is 1. The highest BCUT2D eigenvalue weighted by molar-refractivity contribution is 6.05. The van der Waals surface area contributed by atoms with Crippen molar-refractivity contribution >= 4 is 17.7 Å². The molecule has 0 saturated carbocycles. The SMILES string of the molecule is CN[C@@H](C)CNCc1cccc2c1CN(C1CCC(=O)NC1=O)C2=O. The van der Waals surface area contributed by atoms with E-state index in [9.17, 15) is 14.4 Å². The van der Waals surface area contributed by atoms with Crippen LogP contribution in [-0.2, 0) is 22.7 Å². The molecular formula is C18H24N4O3. The molecule has 3 amide bonds. The molecule has 0 radical (unpaired) electrons. The lowest BCUT2D eigenvalue weighted by atomic mass is 10.0. The van der Waals surface area contributed by atoms with Crippen molar-refractivity contribution in [1.82, 2.24) is 20.9 Å². The van der Waals surface area contributed by atoms with Gasteiger partial charge in [-0.2, -0.15) is 0 Å². The first-order chi connectivity index (χ1) is 12.0. The fourth-order valence-corrected chi connectivity index (χ4v) is 3.34. The van der Waals surface area contributed by atoms with Gasteiger partial charge in [0.05, 0.1) is 0 Å². The van der Waals surface area contributed by atoms with Crippen molar-refractivity contribution in [3.05, 3.63) is 34.9 Å². The Balaban J connectivity index is 1.73. The Morgan fingerprint density at radius 1 is 1.32 bits per heavy atom. The molecule has 2 heterocycles. The minimum atomic E-state index is -0.567. The Kier molecular flexibility index (Phi) is 5.15.